The zero-order valence-corrected chi connectivity index (χ0v) is 18.8. The number of aromatic nitrogens is 4. The van der Waals surface area contributed by atoms with Gasteiger partial charge in [-0.25, -0.2) is 4.68 Å². The standard InChI is InChI=1S/C25H21ClN6O/c1-16-7-3-5-9-21(16)32-24-19(15-27-32)23(28-18-13-11-17(26)12-14-18)30-25(31-24)29-20-8-4-6-10-22(20)33-2/h3-15H,1-2H3,(H2,28,29,30,31). The molecule has 164 valence electrons. The third kappa shape index (κ3) is 4.18. The number of nitrogens with zero attached hydrogens (tertiary/aromatic N) is 4. The predicted octanol–water partition coefficient (Wildman–Crippen LogP) is 6.27. The van der Waals surface area contributed by atoms with Gasteiger partial charge < -0.3 is 15.4 Å². The van der Waals surface area contributed by atoms with Gasteiger partial charge in [-0.1, -0.05) is 41.9 Å². The molecule has 2 aromatic heterocycles. The third-order valence-electron chi connectivity index (χ3n) is 5.23. The maximum Gasteiger partial charge on any atom is 0.231 e. The van der Waals surface area contributed by atoms with Gasteiger partial charge in [0.05, 0.1) is 30.1 Å². The van der Waals surface area contributed by atoms with E-state index in [2.05, 4.69) is 15.7 Å². The highest BCUT2D eigenvalue weighted by Gasteiger charge is 2.16. The zero-order chi connectivity index (χ0) is 22.8. The number of rotatable bonds is 6. The Morgan fingerprint density at radius 1 is 0.879 bits per heavy atom. The highest BCUT2D eigenvalue weighted by molar-refractivity contribution is 6.30. The molecule has 0 saturated carbocycles. The van der Waals surface area contributed by atoms with E-state index in [-0.39, 0.29) is 0 Å². The molecule has 0 radical (unpaired) electrons. The molecule has 5 rings (SSSR count). The maximum absolute atomic E-state index is 6.05. The van der Waals surface area contributed by atoms with Crippen LogP contribution in [0.5, 0.6) is 5.75 Å². The number of benzene rings is 3. The summed E-state index contributed by atoms with van der Waals surface area (Å²) < 4.78 is 7.30. The van der Waals surface area contributed by atoms with Crippen molar-refractivity contribution >= 4 is 45.8 Å². The largest absolute Gasteiger partial charge is 0.495 e. The molecule has 0 spiro atoms. The van der Waals surface area contributed by atoms with Crippen molar-refractivity contribution in [1.29, 1.82) is 0 Å². The summed E-state index contributed by atoms with van der Waals surface area (Å²) in [6.07, 6.45) is 1.77. The first-order valence-corrected chi connectivity index (χ1v) is 10.7. The van der Waals surface area contributed by atoms with Gasteiger partial charge in [0, 0.05) is 10.7 Å². The summed E-state index contributed by atoms with van der Waals surface area (Å²) in [6.45, 7) is 2.05. The molecular formula is C25H21ClN6O. The summed E-state index contributed by atoms with van der Waals surface area (Å²) in [5.74, 6) is 1.74. The Morgan fingerprint density at radius 2 is 1.64 bits per heavy atom. The molecule has 0 aliphatic carbocycles. The summed E-state index contributed by atoms with van der Waals surface area (Å²) in [7, 11) is 1.63. The first-order chi connectivity index (χ1) is 16.1. The molecule has 2 N–H and O–H groups in total. The number of para-hydroxylation sites is 3. The summed E-state index contributed by atoms with van der Waals surface area (Å²) in [5, 5.41) is 12.7. The minimum absolute atomic E-state index is 0.416. The van der Waals surface area contributed by atoms with Crippen LogP contribution in [0.2, 0.25) is 5.02 Å². The molecule has 8 heteroatoms. The van der Waals surface area contributed by atoms with Crippen LogP contribution >= 0.6 is 11.6 Å². The molecule has 0 saturated heterocycles. The van der Waals surface area contributed by atoms with Crippen LogP contribution in [0.4, 0.5) is 23.1 Å². The Hall–Kier alpha value is -4.10. The van der Waals surface area contributed by atoms with Crippen molar-refractivity contribution in [2.75, 3.05) is 17.7 Å². The van der Waals surface area contributed by atoms with Crippen molar-refractivity contribution in [3.8, 4) is 11.4 Å². The molecule has 0 bridgehead atoms. The van der Waals surface area contributed by atoms with E-state index in [1.54, 1.807) is 13.3 Å². The molecule has 0 aliphatic rings. The van der Waals surface area contributed by atoms with Gasteiger partial charge >= 0.3 is 0 Å². The molecular weight excluding hydrogens is 436 g/mol. The van der Waals surface area contributed by atoms with E-state index in [1.807, 2.05) is 84.4 Å². The second-order valence-electron chi connectivity index (χ2n) is 7.43. The number of fused-ring (bicyclic) bond motifs is 1. The van der Waals surface area contributed by atoms with Crippen LogP contribution in [0.15, 0.2) is 79.0 Å². The molecule has 0 fully saturated rings. The van der Waals surface area contributed by atoms with Crippen LogP contribution in [-0.2, 0) is 0 Å². The number of anilines is 4. The van der Waals surface area contributed by atoms with Crippen LogP contribution in [-0.4, -0.2) is 26.9 Å². The van der Waals surface area contributed by atoms with Crippen LogP contribution in [0, 0.1) is 6.92 Å². The van der Waals surface area contributed by atoms with E-state index < -0.39 is 0 Å². The zero-order valence-electron chi connectivity index (χ0n) is 18.1. The van der Waals surface area contributed by atoms with Crippen molar-refractivity contribution in [1.82, 2.24) is 19.7 Å². The first-order valence-electron chi connectivity index (χ1n) is 10.4. The van der Waals surface area contributed by atoms with Gasteiger partial charge in [-0.3, -0.25) is 0 Å². The lowest BCUT2D eigenvalue weighted by Gasteiger charge is -2.13. The second kappa shape index (κ2) is 8.80. The Balaban J connectivity index is 1.65. The quantitative estimate of drug-likeness (QED) is 0.313. The molecule has 2 heterocycles. The lowest BCUT2D eigenvalue weighted by Crippen LogP contribution is -2.05. The molecule has 33 heavy (non-hydrogen) atoms. The summed E-state index contributed by atoms with van der Waals surface area (Å²) >= 11 is 6.05. The van der Waals surface area contributed by atoms with E-state index in [0.717, 1.165) is 28.0 Å². The van der Waals surface area contributed by atoms with E-state index in [1.165, 1.54) is 0 Å². The molecule has 5 aromatic rings. The fourth-order valence-corrected chi connectivity index (χ4v) is 3.70. The van der Waals surface area contributed by atoms with Gasteiger partial charge in [-0.15, -0.1) is 0 Å². The van der Waals surface area contributed by atoms with Gasteiger partial charge in [0.1, 0.15) is 11.6 Å². The maximum atomic E-state index is 6.05. The van der Waals surface area contributed by atoms with Crippen molar-refractivity contribution in [2.24, 2.45) is 0 Å². The Morgan fingerprint density at radius 3 is 2.42 bits per heavy atom. The highest BCUT2D eigenvalue weighted by Crippen LogP contribution is 2.31. The van der Waals surface area contributed by atoms with Gasteiger partial charge in [-0.2, -0.15) is 15.1 Å². The minimum Gasteiger partial charge on any atom is -0.495 e. The minimum atomic E-state index is 0.416. The number of halogens is 1. The lowest BCUT2D eigenvalue weighted by atomic mass is 10.2. The topological polar surface area (TPSA) is 76.9 Å². The van der Waals surface area contributed by atoms with E-state index in [9.17, 15) is 0 Å². The number of ether oxygens (including phenoxy) is 1. The van der Waals surface area contributed by atoms with E-state index in [4.69, 9.17) is 26.3 Å². The number of aryl methyl sites for hydroxylation is 1. The van der Waals surface area contributed by atoms with E-state index in [0.29, 0.717) is 28.2 Å². The average molecular weight is 457 g/mol. The fraction of sp³-hybridized carbons (Fsp3) is 0.0800. The molecule has 0 atom stereocenters. The average Bonchev–Trinajstić information content (AvgIpc) is 3.25. The lowest BCUT2D eigenvalue weighted by molar-refractivity contribution is 0.417. The number of nitrogens with one attached hydrogen (secondary N) is 2. The number of hydrogen-bond donors (Lipinski definition) is 2. The van der Waals surface area contributed by atoms with Gasteiger partial charge in [0.2, 0.25) is 5.95 Å². The monoisotopic (exact) mass is 456 g/mol. The number of hydrogen-bond acceptors (Lipinski definition) is 6. The van der Waals surface area contributed by atoms with E-state index >= 15 is 0 Å². The summed E-state index contributed by atoms with van der Waals surface area (Å²) in [5.41, 5.74) is 4.33. The van der Waals surface area contributed by atoms with Crippen LogP contribution < -0.4 is 15.4 Å². The summed E-state index contributed by atoms with van der Waals surface area (Å²) in [6, 6.07) is 23.1. The normalized spacial score (nSPS) is 10.9. The Labute approximate surface area is 196 Å². The van der Waals surface area contributed by atoms with Crippen molar-refractivity contribution in [2.45, 2.75) is 6.92 Å². The molecule has 3 aromatic carbocycles. The van der Waals surface area contributed by atoms with Crippen molar-refractivity contribution in [3.05, 3.63) is 89.6 Å². The van der Waals surface area contributed by atoms with Gasteiger partial charge in [-0.05, 0) is 55.0 Å². The molecule has 0 aliphatic heterocycles. The van der Waals surface area contributed by atoms with Crippen LogP contribution in [0.25, 0.3) is 16.7 Å². The molecule has 0 unspecified atom stereocenters. The van der Waals surface area contributed by atoms with Crippen LogP contribution in [0.1, 0.15) is 5.56 Å². The summed E-state index contributed by atoms with van der Waals surface area (Å²) in [4.78, 5) is 9.54. The highest BCUT2D eigenvalue weighted by atomic mass is 35.5. The SMILES string of the molecule is COc1ccccc1Nc1nc(Nc2ccc(Cl)cc2)c2cnn(-c3ccccc3C)c2n1. The van der Waals surface area contributed by atoms with Crippen molar-refractivity contribution in [3.63, 3.8) is 0 Å². The second-order valence-corrected chi connectivity index (χ2v) is 7.87. The van der Waals surface area contributed by atoms with Crippen molar-refractivity contribution < 1.29 is 4.74 Å². The third-order valence-corrected chi connectivity index (χ3v) is 5.48. The molecule has 7 nitrogen and oxygen atoms in total. The fourth-order valence-electron chi connectivity index (χ4n) is 3.57. The predicted molar refractivity (Wildman–Crippen MR) is 132 cm³/mol. The smallest absolute Gasteiger partial charge is 0.231 e. The van der Waals surface area contributed by atoms with Crippen LogP contribution in [0.3, 0.4) is 0 Å². The number of methoxy groups -OCH3 is 1. The first kappa shape index (κ1) is 20.8. The molecule has 0 amide bonds. The van der Waals surface area contributed by atoms with Gasteiger partial charge in [0.25, 0.3) is 0 Å². The Kier molecular flexibility index (Phi) is 5.54. The van der Waals surface area contributed by atoms with Gasteiger partial charge in [0.15, 0.2) is 5.65 Å². The Bertz CT molecular complexity index is 1430.